The second-order valence-corrected chi connectivity index (χ2v) is 4.33. The zero-order valence-corrected chi connectivity index (χ0v) is 11.4. The number of hydrogen-bond acceptors (Lipinski definition) is 4. The lowest BCUT2D eigenvalue weighted by Crippen LogP contribution is -2.40. The number of hydrogen-bond donors (Lipinski definition) is 2. The molecular weight excluding hydrogens is 307 g/mol. The second-order valence-electron chi connectivity index (χ2n) is 4.33. The topological polar surface area (TPSA) is 101 Å². The van der Waals surface area contributed by atoms with Crippen molar-refractivity contribution in [3.8, 4) is 0 Å². The van der Waals surface area contributed by atoms with Gasteiger partial charge in [0.05, 0.1) is 11.5 Å². The highest BCUT2D eigenvalue weighted by Crippen LogP contribution is 2.18. The zero-order valence-electron chi connectivity index (χ0n) is 11.4. The fraction of sp³-hybridized carbons (Fsp3) is 0.333. The summed E-state index contributed by atoms with van der Waals surface area (Å²) in [6.07, 6.45) is -4.53. The van der Waals surface area contributed by atoms with Crippen molar-refractivity contribution in [1.82, 2.24) is 10.6 Å². The predicted molar refractivity (Wildman–Crippen MR) is 69.2 cm³/mol. The highest BCUT2D eigenvalue weighted by Gasteiger charge is 2.27. The van der Waals surface area contributed by atoms with Gasteiger partial charge in [-0.15, -0.1) is 0 Å². The third kappa shape index (κ3) is 5.38. The largest absolute Gasteiger partial charge is 0.405 e. The Morgan fingerprint density at radius 1 is 1.27 bits per heavy atom. The van der Waals surface area contributed by atoms with Gasteiger partial charge in [0.15, 0.2) is 0 Å². The molecule has 2 amide bonds. The number of nitro groups is 1. The Labute approximate surface area is 122 Å². The maximum absolute atomic E-state index is 11.9. The van der Waals surface area contributed by atoms with Crippen molar-refractivity contribution in [3.63, 3.8) is 0 Å². The van der Waals surface area contributed by atoms with E-state index in [0.29, 0.717) is 0 Å². The molecule has 22 heavy (non-hydrogen) atoms. The first-order chi connectivity index (χ1) is 10.1. The Balaban J connectivity index is 2.57. The van der Waals surface area contributed by atoms with Crippen LogP contribution in [-0.4, -0.2) is 36.0 Å². The fourth-order valence-electron chi connectivity index (χ4n) is 1.53. The molecule has 120 valence electrons. The average molecular weight is 319 g/mol. The lowest BCUT2D eigenvalue weighted by atomic mass is 10.1. The molecule has 0 radical (unpaired) electrons. The molecule has 1 aromatic rings. The number of amides is 2. The number of alkyl halides is 3. The zero-order chi connectivity index (χ0) is 16.9. The van der Waals surface area contributed by atoms with Crippen molar-refractivity contribution in [2.24, 2.45) is 0 Å². The van der Waals surface area contributed by atoms with Crippen LogP contribution >= 0.6 is 0 Å². The van der Waals surface area contributed by atoms with Crippen molar-refractivity contribution in [2.75, 3.05) is 13.1 Å². The van der Waals surface area contributed by atoms with Gasteiger partial charge in [-0.25, -0.2) is 0 Å². The lowest BCUT2D eigenvalue weighted by molar-refractivity contribution is -0.385. The molecule has 0 bridgehead atoms. The number of benzene rings is 1. The summed E-state index contributed by atoms with van der Waals surface area (Å²) in [4.78, 5) is 32.8. The highest BCUT2D eigenvalue weighted by atomic mass is 19.4. The third-order valence-corrected chi connectivity index (χ3v) is 2.55. The van der Waals surface area contributed by atoms with Gasteiger partial charge in [0.2, 0.25) is 5.91 Å². The van der Waals surface area contributed by atoms with Crippen molar-refractivity contribution in [2.45, 2.75) is 13.1 Å². The first-order valence-corrected chi connectivity index (χ1v) is 5.97. The molecule has 0 saturated heterocycles. The number of carbonyl (C=O) groups is 2. The summed E-state index contributed by atoms with van der Waals surface area (Å²) in [5.41, 5.74) is 0.144. The van der Waals surface area contributed by atoms with Crippen molar-refractivity contribution in [1.29, 1.82) is 0 Å². The van der Waals surface area contributed by atoms with E-state index in [-0.39, 0.29) is 16.8 Å². The van der Waals surface area contributed by atoms with Gasteiger partial charge in [-0.05, 0) is 19.1 Å². The molecule has 7 nitrogen and oxygen atoms in total. The molecule has 1 rings (SSSR count). The molecule has 0 aliphatic rings. The van der Waals surface area contributed by atoms with Crippen LogP contribution in [0.2, 0.25) is 0 Å². The Morgan fingerprint density at radius 3 is 2.41 bits per heavy atom. The van der Waals surface area contributed by atoms with E-state index in [0.717, 1.165) is 6.07 Å². The maximum Gasteiger partial charge on any atom is 0.405 e. The van der Waals surface area contributed by atoms with E-state index >= 15 is 0 Å². The summed E-state index contributed by atoms with van der Waals surface area (Å²) < 4.78 is 35.6. The van der Waals surface area contributed by atoms with E-state index in [9.17, 15) is 32.9 Å². The predicted octanol–water partition coefficient (Wildman–Crippen LogP) is 1.31. The number of halogens is 3. The van der Waals surface area contributed by atoms with E-state index in [1.54, 1.807) is 5.32 Å². The molecule has 0 unspecified atom stereocenters. The number of nitrogens with zero attached hydrogens (tertiary/aromatic N) is 1. The number of rotatable bonds is 5. The minimum absolute atomic E-state index is 0.0618. The van der Waals surface area contributed by atoms with E-state index in [4.69, 9.17) is 0 Å². The highest BCUT2D eigenvalue weighted by molar-refractivity contribution is 5.96. The van der Waals surface area contributed by atoms with E-state index in [2.05, 4.69) is 5.32 Å². The summed E-state index contributed by atoms with van der Waals surface area (Å²) in [7, 11) is 0. The standard InChI is InChI=1S/C12H12F3N3O4/c1-7-4-8(2-3-9(7)18(21)22)11(20)16-5-10(19)17-6-12(13,14)15/h2-4H,5-6H2,1H3,(H,16,20)(H,17,19). The van der Waals surface area contributed by atoms with Gasteiger partial charge in [0.25, 0.3) is 11.6 Å². The molecule has 1 aromatic carbocycles. The van der Waals surface area contributed by atoms with E-state index in [1.807, 2.05) is 0 Å². The Bertz CT molecular complexity index is 602. The van der Waals surface area contributed by atoms with Crippen molar-refractivity contribution < 1.29 is 27.7 Å². The van der Waals surface area contributed by atoms with Crippen LogP contribution in [0.1, 0.15) is 15.9 Å². The first kappa shape index (κ1) is 17.4. The van der Waals surface area contributed by atoms with Gasteiger partial charge in [0.1, 0.15) is 6.54 Å². The summed E-state index contributed by atoms with van der Waals surface area (Å²) in [5, 5.41) is 14.4. The summed E-state index contributed by atoms with van der Waals surface area (Å²) >= 11 is 0. The second kappa shape index (κ2) is 6.87. The first-order valence-electron chi connectivity index (χ1n) is 5.97. The van der Waals surface area contributed by atoms with Crippen molar-refractivity contribution in [3.05, 3.63) is 39.4 Å². The number of nitro benzene ring substituents is 1. The summed E-state index contributed by atoms with van der Waals surface area (Å²) in [6, 6.07) is 3.57. The van der Waals surface area contributed by atoms with Crippen LogP contribution in [0.3, 0.4) is 0 Å². The van der Waals surface area contributed by atoms with Crippen LogP contribution in [0.25, 0.3) is 0 Å². The normalized spacial score (nSPS) is 10.9. The van der Waals surface area contributed by atoms with Crippen LogP contribution in [0, 0.1) is 17.0 Å². The Hall–Kier alpha value is -2.65. The van der Waals surface area contributed by atoms with Gasteiger partial charge in [-0.2, -0.15) is 13.2 Å². The smallest absolute Gasteiger partial charge is 0.345 e. The van der Waals surface area contributed by atoms with Gasteiger partial charge >= 0.3 is 6.18 Å². The molecule has 0 saturated carbocycles. The summed E-state index contributed by atoms with van der Waals surface area (Å²) in [6.45, 7) is -0.686. The lowest BCUT2D eigenvalue weighted by Gasteiger charge is -2.09. The van der Waals surface area contributed by atoms with Gasteiger partial charge in [-0.1, -0.05) is 0 Å². The van der Waals surface area contributed by atoms with Gasteiger partial charge < -0.3 is 10.6 Å². The molecule has 0 aliphatic heterocycles. The number of carbonyl (C=O) groups excluding carboxylic acids is 2. The Kier molecular flexibility index (Phi) is 5.44. The van der Waals surface area contributed by atoms with E-state index in [1.165, 1.54) is 19.1 Å². The van der Waals surface area contributed by atoms with Crippen molar-refractivity contribution >= 4 is 17.5 Å². The van der Waals surface area contributed by atoms with Gasteiger partial charge in [-0.3, -0.25) is 19.7 Å². The minimum atomic E-state index is -4.53. The molecule has 2 N–H and O–H groups in total. The van der Waals surface area contributed by atoms with E-state index < -0.39 is 36.0 Å². The Morgan fingerprint density at radius 2 is 1.91 bits per heavy atom. The number of nitrogens with one attached hydrogen (secondary N) is 2. The molecule has 0 fully saturated rings. The molecule has 0 spiro atoms. The minimum Gasteiger partial charge on any atom is -0.345 e. The third-order valence-electron chi connectivity index (χ3n) is 2.55. The molecule has 0 aliphatic carbocycles. The quantitative estimate of drug-likeness (QED) is 0.631. The van der Waals surface area contributed by atoms with Crippen LogP contribution < -0.4 is 10.6 Å². The number of aryl methyl sites for hydroxylation is 1. The molecule has 0 heterocycles. The molecule has 10 heteroatoms. The molecule has 0 aromatic heterocycles. The maximum atomic E-state index is 11.9. The molecule has 0 atom stereocenters. The van der Waals surface area contributed by atoms with Crippen LogP contribution in [-0.2, 0) is 4.79 Å². The van der Waals surface area contributed by atoms with Crippen LogP contribution in [0.4, 0.5) is 18.9 Å². The van der Waals surface area contributed by atoms with Crippen LogP contribution in [0.15, 0.2) is 18.2 Å². The fourth-order valence-corrected chi connectivity index (χ4v) is 1.53. The van der Waals surface area contributed by atoms with Gasteiger partial charge in [0, 0.05) is 17.2 Å². The molecular formula is C12H12F3N3O4. The monoisotopic (exact) mass is 319 g/mol. The van der Waals surface area contributed by atoms with Crippen LogP contribution in [0.5, 0.6) is 0 Å². The SMILES string of the molecule is Cc1cc(C(=O)NCC(=O)NCC(F)(F)F)ccc1[N+](=O)[O-]. The average Bonchev–Trinajstić information content (AvgIpc) is 2.41. The summed E-state index contributed by atoms with van der Waals surface area (Å²) in [5.74, 6) is -1.72.